The van der Waals surface area contributed by atoms with Crippen molar-refractivity contribution in [3.8, 4) is 5.75 Å². The van der Waals surface area contributed by atoms with Crippen molar-refractivity contribution in [2.24, 2.45) is 0 Å². The Bertz CT molecular complexity index is 759. The molecule has 0 aliphatic carbocycles. The highest BCUT2D eigenvalue weighted by atomic mass is 16.5. The lowest BCUT2D eigenvalue weighted by Gasteiger charge is -2.14. The van der Waals surface area contributed by atoms with Gasteiger partial charge in [0.25, 0.3) is 0 Å². The Hall–Kier alpha value is -2.60. The SMILES string of the molecule is Cc1noc(C)c1COc1ccc(CC(=O)NCC2=CCNCC2)cc1. The molecule has 0 spiro atoms. The number of carbonyl (C=O) groups is 1. The van der Waals surface area contributed by atoms with Gasteiger partial charge in [0.15, 0.2) is 0 Å². The van der Waals surface area contributed by atoms with E-state index in [9.17, 15) is 4.79 Å². The average Bonchev–Trinajstić information content (AvgIpc) is 2.98. The van der Waals surface area contributed by atoms with Gasteiger partial charge >= 0.3 is 0 Å². The van der Waals surface area contributed by atoms with Gasteiger partial charge in [0, 0.05) is 13.1 Å². The van der Waals surface area contributed by atoms with Crippen molar-refractivity contribution < 1.29 is 14.1 Å². The summed E-state index contributed by atoms with van der Waals surface area (Å²) < 4.78 is 10.9. The van der Waals surface area contributed by atoms with Gasteiger partial charge in [-0.2, -0.15) is 0 Å². The van der Waals surface area contributed by atoms with Crippen LogP contribution in [0.25, 0.3) is 0 Å². The number of nitrogens with one attached hydrogen (secondary N) is 2. The van der Waals surface area contributed by atoms with E-state index in [1.165, 1.54) is 5.57 Å². The molecule has 1 amide bonds. The molecule has 1 aromatic heterocycles. The molecule has 0 unspecified atom stereocenters. The predicted octanol–water partition coefficient (Wildman–Crippen LogP) is 2.45. The quantitative estimate of drug-likeness (QED) is 0.746. The summed E-state index contributed by atoms with van der Waals surface area (Å²) in [6, 6.07) is 7.62. The van der Waals surface area contributed by atoms with Crippen molar-refractivity contribution in [1.82, 2.24) is 15.8 Å². The number of nitrogens with zero attached hydrogens (tertiary/aromatic N) is 1. The minimum Gasteiger partial charge on any atom is -0.489 e. The molecule has 2 heterocycles. The second kappa shape index (κ2) is 8.67. The topological polar surface area (TPSA) is 76.4 Å². The fraction of sp³-hybridized carbons (Fsp3) is 0.400. The molecule has 0 bridgehead atoms. The first-order chi connectivity index (χ1) is 12.6. The monoisotopic (exact) mass is 355 g/mol. The number of benzene rings is 1. The van der Waals surface area contributed by atoms with E-state index in [2.05, 4.69) is 21.9 Å². The Labute approximate surface area is 153 Å². The normalized spacial score (nSPS) is 14.0. The van der Waals surface area contributed by atoms with Crippen LogP contribution in [0.1, 0.15) is 29.0 Å². The summed E-state index contributed by atoms with van der Waals surface area (Å²) in [6.45, 7) is 6.71. The first-order valence-electron chi connectivity index (χ1n) is 8.90. The van der Waals surface area contributed by atoms with Gasteiger partial charge in [0.1, 0.15) is 18.1 Å². The zero-order valence-electron chi connectivity index (χ0n) is 15.3. The molecule has 2 N–H and O–H groups in total. The number of aromatic nitrogens is 1. The minimum atomic E-state index is 0.0359. The third kappa shape index (κ3) is 4.95. The summed E-state index contributed by atoms with van der Waals surface area (Å²) in [4.78, 5) is 12.1. The van der Waals surface area contributed by atoms with Crippen LogP contribution in [0.15, 0.2) is 40.4 Å². The molecule has 1 aliphatic rings. The summed E-state index contributed by atoms with van der Waals surface area (Å²) in [5, 5.41) is 10.2. The van der Waals surface area contributed by atoms with Gasteiger partial charge < -0.3 is 19.9 Å². The second-order valence-corrected chi connectivity index (χ2v) is 6.51. The van der Waals surface area contributed by atoms with Gasteiger partial charge in [0.05, 0.1) is 17.7 Å². The zero-order valence-corrected chi connectivity index (χ0v) is 15.3. The van der Waals surface area contributed by atoms with Crippen LogP contribution < -0.4 is 15.4 Å². The lowest BCUT2D eigenvalue weighted by molar-refractivity contribution is -0.120. The van der Waals surface area contributed by atoms with Crippen LogP contribution >= 0.6 is 0 Å². The van der Waals surface area contributed by atoms with Crippen LogP contribution in [-0.2, 0) is 17.8 Å². The van der Waals surface area contributed by atoms with Gasteiger partial charge in [-0.15, -0.1) is 0 Å². The summed E-state index contributed by atoms with van der Waals surface area (Å²) in [5.74, 6) is 1.57. The molecule has 0 saturated carbocycles. The average molecular weight is 355 g/mol. The fourth-order valence-corrected chi connectivity index (χ4v) is 2.86. The first kappa shape index (κ1) is 18.2. The van der Waals surface area contributed by atoms with Crippen molar-refractivity contribution in [2.45, 2.75) is 33.3 Å². The highest BCUT2D eigenvalue weighted by Crippen LogP contribution is 2.18. The van der Waals surface area contributed by atoms with Crippen molar-refractivity contribution in [2.75, 3.05) is 19.6 Å². The molecule has 26 heavy (non-hydrogen) atoms. The van der Waals surface area contributed by atoms with Crippen molar-refractivity contribution >= 4 is 5.91 Å². The molecule has 138 valence electrons. The van der Waals surface area contributed by atoms with Crippen LogP contribution in [0, 0.1) is 13.8 Å². The highest BCUT2D eigenvalue weighted by Gasteiger charge is 2.10. The van der Waals surface area contributed by atoms with Crippen LogP contribution in [0.4, 0.5) is 0 Å². The summed E-state index contributed by atoms with van der Waals surface area (Å²) in [6.07, 6.45) is 3.52. The number of hydrogen-bond donors (Lipinski definition) is 2. The largest absolute Gasteiger partial charge is 0.489 e. The van der Waals surface area contributed by atoms with Crippen LogP contribution in [0.2, 0.25) is 0 Å². The Morgan fingerprint density at radius 2 is 2.12 bits per heavy atom. The summed E-state index contributed by atoms with van der Waals surface area (Å²) >= 11 is 0. The van der Waals surface area contributed by atoms with Crippen molar-refractivity contribution in [3.05, 3.63) is 58.5 Å². The molecule has 2 aromatic rings. The van der Waals surface area contributed by atoms with Crippen LogP contribution in [0.3, 0.4) is 0 Å². The smallest absolute Gasteiger partial charge is 0.224 e. The molecule has 6 nitrogen and oxygen atoms in total. The molecular weight excluding hydrogens is 330 g/mol. The lowest BCUT2D eigenvalue weighted by atomic mass is 10.1. The molecule has 3 rings (SSSR count). The number of rotatable bonds is 7. The number of aryl methyl sites for hydroxylation is 2. The summed E-state index contributed by atoms with van der Waals surface area (Å²) in [7, 11) is 0. The fourth-order valence-electron chi connectivity index (χ4n) is 2.86. The Kier molecular flexibility index (Phi) is 6.07. The Morgan fingerprint density at radius 3 is 2.77 bits per heavy atom. The van der Waals surface area contributed by atoms with Gasteiger partial charge in [-0.1, -0.05) is 28.9 Å². The molecule has 0 radical (unpaired) electrons. The standard InChI is InChI=1S/C20H25N3O3/c1-14-19(15(2)26-23-14)13-25-18-5-3-16(4-6-18)11-20(24)22-12-17-7-9-21-10-8-17/h3-7,21H,8-13H2,1-2H3,(H,22,24). The number of hydrogen-bond acceptors (Lipinski definition) is 5. The molecule has 1 aliphatic heterocycles. The third-order valence-electron chi connectivity index (χ3n) is 4.52. The Morgan fingerprint density at radius 1 is 1.31 bits per heavy atom. The lowest BCUT2D eigenvalue weighted by Crippen LogP contribution is -2.30. The van der Waals surface area contributed by atoms with E-state index in [0.717, 1.165) is 47.8 Å². The van der Waals surface area contributed by atoms with E-state index in [1.54, 1.807) is 0 Å². The maximum atomic E-state index is 12.1. The molecule has 0 saturated heterocycles. The van der Waals surface area contributed by atoms with Crippen molar-refractivity contribution in [3.63, 3.8) is 0 Å². The predicted molar refractivity (Wildman–Crippen MR) is 99.0 cm³/mol. The molecule has 0 atom stereocenters. The zero-order chi connectivity index (χ0) is 18.4. The molecule has 0 fully saturated rings. The van der Waals surface area contributed by atoms with Gasteiger partial charge in [0.2, 0.25) is 5.91 Å². The van der Waals surface area contributed by atoms with E-state index in [1.807, 2.05) is 38.1 Å². The van der Waals surface area contributed by atoms with E-state index >= 15 is 0 Å². The first-order valence-corrected chi connectivity index (χ1v) is 8.90. The van der Waals surface area contributed by atoms with Gasteiger partial charge in [-0.25, -0.2) is 0 Å². The van der Waals surface area contributed by atoms with Crippen molar-refractivity contribution in [1.29, 1.82) is 0 Å². The summed E-state index contributed by atoms with van der Waals surface area (Å²) in [5.41, 5.74) is 4.08. The van der Waals surface area contributed by atoms with Gasteiger partial charge in [-0.3, -0.25) is 4.79 Å². The van der Waals surface area contributed by atoms with E-state index < -0.39 is 0 Å². The maximum Gasteiger partial charge on any atom is 0.224 e. The molecule has 6 heteroatoms. The highest BCUT2D eigenvalue weighted by molar-refractivity contribution is 5.78. The number of amides is 1. The van der Waals surface area contributed by atoms with Gasteiger partial charge in [-0.05, 0) is 44.5 Å². The van der Waals surface area contributed by atoms with E-state index in [-0.39, 0.29) is 5.91 Å². The van der Waals surface area contributed by atoms with Crippen LogP contribution in [0.5, 0.6) is 5.75 Å². The number of carbonyl (C=O) groups excluding carboxylic acids is 1. The number of ether oxygens (including phenoxy) is 1. The van der Waals surface area contributed by atoms with Crippen LogP contribution in [-0.4, -0.2) is 30.7 Å². The second-order valence-electron chi connectivity index (χ2n) is 6.51. The maximum absolute atomic E-state index is 12.1. The van der Waals surface area contributed by atoms with E-state index in [0.29, 0.717) is 19.6 Å². The third-order valence-corrected chi connectivity index (χ3v) is 4.52. The Balaban J connectivity index is 1.46. The molecular formula is C20H25N3O3. The van der Waals surface area contributed by atoms with E-state index in [4.69, 9.17) is 9.26 Å². The minimum absolute atomic E-state index is 0.0359. The molecule has 1 aromatic carbocycles.